The van der Waals surface area contributed by atoms with E-state index in [1.807, 2.05) is 38.1 Å². The number of aromatic nitrogens is 2. The summed E-state index contributed by atoms with van der Waals surface area (Å²) in [7, 11) is 0. The molecule has 0 radical (unpaired) electrons. The zero-order valence-electron chi connectivity index (χ0n) is 12.8. The first-order chi connectivity index (χ1) is 10.6. The first-order valence-electron chi connectivity index (χ1n) is 7.16. The zero-order valence-corrected chi connectivity index (χ0v) is 14.4. The Bertz CT molecular complexity index is 623. The van der Waals surface area contributed by atoms with Crippen LogP contribution in [-0.2, 0) is 17.0 Å². The predicted octanol–water partition coefficient (Wildman–Crippen LogP) is 3.27. The van der Waals surface area contributed by atoms with E-state index in [0.29, 0.717) is 12.3 Å². The molecule has 0 aliphatic carbocycles. The number of thioether (sulfide) groups is 1. The minimum absolute atomic E-state index is 0.0517. The Morgan fingerprint density at radius 3 is 2.82 bits per heavy atom. The standard InChI is InChI=1S/C16H20ClN3OS/c1-11-14(12(2)20-19-11)7-8-18-16(21)10-22-9-13-5-3-4-6-15(13)17/h3-6H,7-10H2,1-2H3,(H,18,21)(H,19,20). The minimum atomic E-state index is 0.0517. The molecule has 2 N–H and O–H groups in total. The van der Waals surface area contributed by atoms with Gasteiger partial charge in [-0.05, 0) is 37.5 Å². The average molecular weight is 338 g/mol. The number of H-pyrrole nitrogens is 1. The van der Waals surface area contributed by atoms with Crippen molar-refractivity contribution in [2.45, 2.75) is 26.0 Å². The van der Waals surface area contributed by atoms with Crippen molar-refractivity contribution in [3.05, 3.63) is 51.8 Å². The van der Waals surface area contributed by atoms with Crippen LogP contribution >= 0.6 is 23.4 Å². The molecule has 0 atom stereocenters. The van der Waals surface area contributed by atoms with Gasteiger partial charge in [0.05, 0.1) is 11.4 Å². The van der Waals surface area contributed by atoms with Crippen molar-refractivity contribution in [1.82, 2.24) is 15.5 Å². The van der Waals surface area contributed by atoms with Crippen molar-refractivity contribution in [3.63, 3.8) is 0 Å². The molecule has 1 amide bonds. The van der Waals surface area contributed by atoms with Gasteiger partial charge in [-0.15, -0.1) is 11.8 Å². The van der Waals surface area contributed by atoms with Gasteiger partial charge >= 0.3 is 0 Å². The Labute approximate surface area is 140 Å². The summed E-state index contributed by atoms with van der Waals surface area (Å²) in [6.07, 6.45) is 0.801. The number of hydrogen-bond donors (Lipinski definition) is 2. The quantitative estimate of drug-likeness (QED) is 0.815. The molecule has 0 saturated carbocycles. The molecule has 4 nitrogen and oxygen atoms in total. The van der Waals surface area contributed by atoms with Gasteiger partial charge in [0, 0.05) is 23.0 Å². The predicted molar refractivity (Wildman–Crippen MR) is 92.4 cm³/mol. The lowest BCUT2D eigenvalue weighted by Gasteiger charge is -2.06. The Hall–Kier alpha value is -1.46. The van der Waals surface area contributed by atoms with Gasteiger partial charge in [-0.25, -0.2) is 0 Å². The molecular weight excluding hydrogens is 318 g/mol. The summed E-state index contributed by atoms with van der Waals surface area (Å²) in [5, 5.41) is 10.8. The van der Waals surface area contributed by atoms with E-state index < -0.39 is 0 Å². The minimum Gasteiger partial charge on any atom is -0.355 e. The number of rotatable bonds is 7. The lowest BCUT2D eigenvalue weighted by molar-refractivity contribution is -0.118. The van der Waals surface area contributed by atoms with Crippen LogP contribution in [0.1, 0.15) is 22.5 Å². The maximum atomic E-state index is 11.8. The maximum Gasteiger partial charge on any atom is 0.230 e. The van der Waals surface area contributed by atoms with E-state index in [1.54, 1.807) is 11.8 Å². The number of benzene rings is 1. The van der Waals surface area contributed by atoms with Crippen molar-refractivity contribution in [2.24, 2.45) is 0 Å². The molecule has 0 aliphatic heterocycles. The van der Waals surface area contributed by atoms with Crippen LogP contribution in [0.25, 0.3) is 0 Å². The Kier molecular flexibility index (Phi) is 6.34. The number of hydrogen-bond acceptors (Lipinski definition) is 3. The van der Waals surface area contributed by atoms with E-state index in [-0.39, 0.29) is 5.91 Å². The molecule has 1 aromatic carbocycles. The van der Waals surface area contributed by atoms with Crippen LogP contribution in [0.5, 0.6) is 0 Å². The first kappa shape index (κ1) is 16.9. The molecule has 0 aliphatic rings. The van der Waals surface area contributed by atoms with Crippen LogP contribution in [0.15, 0.2) is 24.3 Å². The Morgan fingerprint density at radius 2 is 2.14 bits per heavy atom. The van der Waals surface area contributed by atoms with E-state index in [4.69, 9.17) is 11.6 Å². The summed E-state index contributed by atoms with van der Waals surface area (Å²) < 4.78 is 0. The summed E-state index contributed by atoms with van der Waals surface area (Å²) >= 11 is 7.65. The summed E-state index contributed by atoms with van der Waals surface area (Å²) in [5.74, 6) is 1.23. The second-order valence-corrected chi connectivity index (χ2v) is 6.49. The maximum absolute atomic E-state index is 11.8. The third-order valence-corrected chi connectivity index (χ3v) is 4.78. The third-order valence-electron chi connectivity index (χ3n) is 3.43. The molecule has 118 valence electrons. The zero-order chi connectivity index (χ0) is 15.9. The second-order valence-electron chi connectivity index (χ2n) is 5.10. The summed E-state index contributed by atoms with van der Waals surface area (Å²) in [6.45, 7) is 4.60. The number of aryl methyl sites for hydroxylation is 2. The first-order valence-corrected chi connectivity index (χ1v) is 8.69. The van der Waals surface area contributed by atoms with Gasteiger partial charge in [0.15, 0.2) is 0 Å². The lowest BCUT2D eigenvalue weighted by Crippen LogP contribution is -2.27. The molecule has 0 spiro atoms. The van der Waals surface area contributed by atoms with Crippen LogP contribution in [-0.4, -0.2) is 28.4 Å². The van der Waals surface area contributed by atoms with E-state index >= 15 is 0 Å². The summed E-state index contributed by atoms with van der Waals surface area (Å²) in [6, 6.07) is 7.71. The topological polar surface area (TPSA) is 57.8 Å². The highest BCUT2D eigenvalue weighted by molar-refractivity contribution is 7.99. The molecule has 2 aromatic rings. The molecule has 6 heteroatoms. The van der Waals surface area contributed by atoms with Crippen molar-refractivity contribution >= 4 is 29.3 Å². The number of carbonyl (C=O) groups is 1. The Balaban J connectivity index is 1.67. The van der Waals surface area contributed by atoms with Crippen LogP contribution in [0, 0.1) is 13.8 Å². The van der Waals surface area contributed by atoms with Crippen molar-refractivity contribution in [2.75, 3.05) is 12.3 Å². The summed E-state index contributed by atoms with van der Waals surface area (Å²) in [4.78, 5) is 11.8. The van der Waals surface area contributed by atoms with E-state index in [2.05, 4.69) is 15.5 Å². The normalized spacial score (nSPS) is 10.7. The number of amides is 1. The van der Waals surface area contributed by atoms with Crippen molar-refractivity contribution in [3.8, 4) is 0 Å². The number of aromatic amines is 1. The smallest absolute Gasteiger partial charge is 0.230 e. The van der Waals surface area contributed by atoms with Crippen LogP contribution < -0.4 is 5.32 Å². The molecule has 2 rings (SSSR count). The van der Waals surface area contributed by atoms with Gasteiger partial charge in [0.1, 0.15) is 0 Å². The van der Waals surface area contributed by atoms with Crippen LogP contribution in [0.2, 0.25) is 5.02 Å². The SMILES string of the molecule is Cc1n[nH]c(C)c1CCNC(=O)CSCc1ccccc1Cl. The second kappa shape index (κ2) is 8.25. The average Bonchev–Trinajstić information content (AvgIpc) is 2.81. The number of carbonyl (C=O) groups excluding carboxylic acids is 1. The fourth-order valence-electron chi connectivity index (χ4n) is 2.19. The van der Waals surface area contributed by atoms with E-state index in [1.165, 1.54) is 5.56 Å². The largest absolute Gasteiger partial charge is 0.355 e. The fraction of sp³-hybridized carbons (Fsp3) is 0.375. The molecule has 0 unspecified atom stereocenters. The van der Waals surface area contributed by atoms with Gasteiger partial charge in [-0.1, -0.05) is 29.8 Å². The molecule has 22 heavy (non-hydrogen) atoms. The van der Waals surface area contributed by atoms with Gasteiger partial charge in [0.2, 0.25) is 5.91 Å². The number of halogens is 1. The third kappa shape index (κ3) is 4.78. The fourth-order valence-corrected chi connectivity index (χ4v) is 3.33. The molecule has 1 aromatic heterocycles. The van der Waals surface area contributed by atoms with Crippen molar-refractivity contribution < 1.29 is 4.79 Å². The van der Waals surface area contributed by atoms with Gasteiger partial charge < -0.3 is 5.32 Å². The molecule has 0 fully saturated rings. The number of nitrogens with one attached hydrogen (secondary N) is 2. The highest BCUT2D eigenvalue weighted by Gasteiger charge is 2.07. The van der Waals surface area contributed by atoms with Crippen LogP contribution in [0.3, 0.4) is 0 Å². The van der Waals surface area contributed by atoms with Crippen molar-refractivity contribution in [1.29, 1.82) is 0 Å². The molecule has 0 saturated heterocycles. The molecule has 0 bridgehead atoms. The molecular formula is C16H20ClN3OS. The summed E-state index contributed by atoms with van der Waals surface area (Å²) in [5.41, 5.74) is 4.32. The Morgan fingerprint density at radius 1 is 1.36 bits per heavy atom. The van der Waals surface area contributed by atoms with Gasteiger partial charge in [0.25, 0.3) is 0 Å². The highest BCUT2D eigenvalue weighted by Crippen LogP contribution is 2.20. The lowest BCUT2D eigenvalue weighted by atomic mass is 10.1. The van der Waals surface area contributed by atoms with E-state index in [9.17, 15) is 4.79 Å². The van der Waals surface area contributed by atoms with Gasteiger partial charge in [-0.2, -0.15) is 5.10 Å². The monoisotopic (exact) mass is 337 g/mol. The highest BCUT2D eigenvalue weighted by atomic mass is 35.5. The van der Waals surface area contributed by atoms with Gasteiger partial charge in [-0.3, -0.25) is 9.89 Å². The molecule has 1 heterocycles. The van der Waals surface area contributed by atoms with E-state index in [0.717, 1.165) is 34.1 Å². The van der Waals surface area contributed by atoms with Crippen LogP contribution in [0.4, 0.5) is 0 Å². The number of nitrogens with zero attached hydrogens (tertiary/aromatic N) is 1.